The molecule has 0 fully saturated rings. The first-order chi connectivity index (χ1) is 7.51. The summed E-state index contributed by atoms with van der Waals surface area (Å²) in [6, 6.07) is -1.14. The number of aryl methyl sites for hydroxylation is 2. The molecule has 0 aromatic carbocycles. The Morgan fingerprint density at radius 1 is 1.44 bits per heavy atom. The standard InChI is InChI=1S/C10H16BrF2N3/c1-3-7-9(11)8(16(4-2)15-7)5-6(14)10(12)13/h6,10H,3-5,14H2,1-2H3. The van der Waals surface area contributed by atoms with Crippen molar-refractivity contribution >= 4 is 15.9 Å². The second kappa shape index (κ2) is 5.72. The van der Waals surface area contributed by atoms with E-state index in [1.54, 1.807) is 4.68 Å². The molecule has 0 bridgehead atoms. The van der Waals surface area contributed by atoms with Crippen LogP contribution in [0.1, 0.15) is 25.2 Å². The quantitative estimate of drug-likeness (QED) is 0.906. The largest absolute Gasteiger partial charge is 0.323 e. The van der Waals surface area contributed by atoms with Crippen LogP contribution in [-0.2, 0) is 19.4 Å². The molecule has 2 N–H and O–H groups in total. The lowest BCUT2D eigenvalue weighted by Crippen LogP contribution is -2.32. The van der Waals surface area contributed by atoms with Crippen molar-refractivity contribution in [2.45, 2.75) is 45.7 Å². The number of nitrogens with zero attached hydrogens (tertiary/aromatic N) is 2. The predicted molar refractivity (Wildman–Crippen MR) is 62.7 cm³/mol. The zero-order valence-electron chi connectivity index (χ0n) is 9.38. The van der Waals surface area contributed by atoms with Crippen LogP contribution in [0.4, 0.5) is 8.78 Å². The minimum atomic E-state index is -2.50. The third kappa shape index (κ3) is 2.79. The first kappa shape index (κ1) is 13.6. The highest BCUT2D eigenvalue weighted by Gasteiger charge is 2.21. The van der Waals surface area contributed by atoms with Crippen LogP contribution in [0.2, 0.25) is 0 Å². The van der Waals surface area contributed by atoms with Crippen LogP contribution >= 0.6 is 15.9 Å². The molecule has 1 unspecified atom stereocenters. The molecule has 0 aliphatic heterocycles. The third-order valence-corrected chi connectivity index (χ3v) is 3.36. The van der Waals surface area contributed by atoms with Gasteiger partial charge in [0.05, 0.1) is 21.9 Å². The van der Waals surface area contributed by atoms with Gasteiger partial charge in [-0.05, 0) is 29.3 Å². The Balaban J connectivity index is 2.97. The number of aromatic nitrogens is 2. The molecule has 6 heteroatoms. The fourth-order valence-electron chi connectivity index (χ4n) is 1.52. The van der Waals surface area contributed by atoms with E-state index < -0.39 is 12.5 Å². The van der Waals surface area contributed by atoms with Crippen LogP contribution in [0.15, 0.2) is 4.47 Å². The van der Waals surface area contributed by atoms with Gasteiger partial charge in [0, 0.05) is 13.0 Å². The van der Waals surface area contributed by atoms with Crippen molar-refractivity contribution in [3.8, 4) is 0 Å². The van der Waals surface area contributed by atoms with Gasteiger partial charge in [-0.2, -0.15) is 5.10 Å². The second-order valence-electron chi connectivity index (χ2n) is 3.58. The molecular formula is C10H16BrF2N3. The van der Waals surface area contributed by atoms with Gasteiger partial charge < -0.3 is 5.73 Å². The number of halogens is 3. The normalized spacial score (nSPS) is 13.4. The Kier molecular flexibility index (Phi) is 4.86. The fourth-order valence-corrected chi connectivity index (χ4v) is 2.25. The van der Waals surface area contributed by atoms with Crippen molar-refractivity contribution in [2.24, 2.45) is 5.73 Å². The van der Waals surface area contributed by atoms with E-state index in [9.17, 15) is 8.78 Å². The topological polar surface area (TPSA) is 43.8 Å². The zero-order chi connectivity index (χ0) is 12.3. The monoisotopic (exact) mass is 295 g/mol. The maximum atomic E-state index is 12.4. The average Bonchev–Trinajstić information content (AvgIpc) is 2.55. The van der Waals surface area contributed by atoms with Gasteiger partial charge in [-0.3, -0.25) is 4.68 Å². The highest BCUT2D eigenvalue weighted by Crippen LogP contribution is 2.24. The smallest absolute Gasteiger partial charge is 0.253 e. The number of rotatable bonds is 5. The molecule has 0 saturated carbocycles. The molecule has 1 aromatic heterocycles. The van der Waals surface area contributed by atoms with Crippen molar-refractivity contribution in [3.63, 3.8) is 0 Å². The summed E-state index contributed by atoms with van der Waals surface area (Å²) in [6.45, 7) is 4.56. The van der Waals surface area contributed by atoms with Crippen LogP contribution in [0, 0.1) is 0 Å². The van der Waals surface area contributed by atoms with Crippen LogP contribution in [0.3, 0.4) is 0 Å². The fraction of sp³-hybridized carbons (Fsp3) is 0.700. The van der Waals surface area contributed by atoms with E-state index in [2.05, 4.69) is 21.0 Å². The van der Waals surface area contributed by atoms with Gasteiger partial charge in [-0.25, -0.2) is 8.78 Å². The van der Waals surface area contributed by atoms with Crippen molar-refractivity contribution in [3.05, 3.63) is 15.9 Å². The highest BCUT2D eigenvalue weighted by atomic mass is 79.9. The zero-order valence-corrected chi connectivity index (χ0v) is 11.0. The maximum Gasteiger partial charge on any atom is 0.253 e. The number of nitrogens with two attached hydrogens (primary N) is 1. The molecular weight excluding hydrogens is 280 g/mol. The molecule has 92 valence electrons. The van der Waals surface area contributed by atoms with Gasteiger partial charge in [-0.1, -0.05) is 6.92 Å². The summed E-state index contributed by atoms with van der Waals surface area (Å²) in [5.41, 5.74) is 7.02. The van der Waals surface area contributed by atoms with E-state index >= 15 is 0 Å². The number of hydrogen-bond donors (Lipinski definition) is 1. The van der Waals surface area contributed by atoms with Gasteiger partial charge in [0.2, 0.25) is 0 Å². The highest BCUT2D eigenvalue weighted by molar-refractivity contribution is 9.10. The van der Waals surface area contributed by atoms with Crippen LogP contribution in [0.25, 0.3) is 0 Å². The van der Waals surface area contributed by atoms with E-state index in [0.717, 1.165) is 22.3 Å². The lowest BCUT2D eigenvalue weighted by atomic mass is 10.1. The molecule has 1 rings (SSSR count). The average molecular weight is 296 g/mol. The minimum absolute atomic E-state index is 0.138. The van der Waals surface area contributed by atoms with Crippen LogP contribution in [-0.4, -0.2) is 22.2 Å². The summed E-state index contributed by atoms with van der Waals surface area (Å²) in [5, 5.41) is 4.33. The summed E-state index contributed by atoms with van der Waals surface area (Å²) in [7, 11) is 0. The molecule has 0 amide bonds. The summed E-state index contributed by atoms with van der Waals surface area (Å²) in [6.07, 6.45) is -1.60. The SMILES string of the molecule is CCc1nn(CC)c(CC(N)C(F)F)c1Br. The van der Waals surface area contributed by atoms with Crippen molar-refractivity contribution < 1.29 is 8.78 Å². The Bertz CT molecular complexity index is 352. The van der Waals surface area contributed by atoms with Crippen molar-refractivity contribution in [1.29, 1.82) is 0 Å². The Hall–Kier alpha value is -0.490. The number of alkyl halides is 2. The van der Waals surface area contributed by atoms with E-state index in [1.807, 2.05) is 13.8 Å². The van der Waals surface area contributed by atoms with Crippen molar-refractivity contribution in [1.82, 2.24) is 9.78 Å². The predicted octanol–water partition coefficient (Wildman–Crippen LogP) is 2.36. The minimum Gasteiger partial charge on any atom is -0.323 e. The van der Waals surface area contributed by atoms with E-state index in [-0.39, 0.29) is 6.42 Å². The maximum absolute atomic E-state index is 12.4. The first-order valence-corrected chi connectivity index (χ1v) is 6.08. The second-order valence-corrected chi connectivity index (χ2v) is 4.37. The Morgan fingerprint density at radius 3 is 2.50 bits per heavy atom. The summed E-state index contributed by atoms with van der Waals surface area (Å²) < 4.78 is 27.3. The first-order valence-electron chi connectivity index (χ1n) is 5.29. The third-order valence-electron chi connectivity index (χ3n) is 2.45. The van der Waals surface area contributed by atoms with Crippen LogP contribution in [0.5, 0.6) is 0 Å². The molecule has 0 saturated heterocycles. The lowest BCUT2D eigenvalue weighted by Gasteiger charge is -2.11. The molecule has 1 aromatic rings. The van der Waals surface area contributed by atoms with E-state index in [4.69, 9.17) is 5.73 Å². The van der Waals surface area contributed by atoms with E-state index in [1.165, 1.54) is 0 Å². The Morgan fingerprint density at radius 2 is 2.06 bits per heavy atom. The lowest BCUT2D eigenvalue weighted by molar-refractivity contribution is 0.115. The molecule has 0 aliphatic rings. The van der Waals surface area contributed by atoms with Gasteiger partial charge in [-0.15, -0.1) is 0 Å². The summed E-state index contributed by atoms with van der Waals surface area (Å²) in [5.74, 6) is 0. The van der Waals surface area contributed by atoms with Crippen LogP contribution < -0.4 is 5.73 Å². The van der Waals surface area contributed by atoms with Crippen molar-refractivity contribution in [2.75, 3.05) is 0 Å². The number of hydrogen-bond acceptors (Lipinski definition) is 2. The summed E-state index contributed by atoms with van der Waals surface area (Å²) >= 11 is 3.40. The molecule has 3 nitrogen and oxygen atoms in total. The van der Waals surface area contributed by atoms with Gasteiger partial charge in [0.15, 0.2) is 0 Å². The molecule has 0 aliphatic carbocycles. The van der Waals surface area contributed by atoms with E-state index in [0.29, 0.717) is 6.54 Å². The molecule has 1 heterocycles. The molecule has 16 heavy (non-hydrogen) atoms. The van der Waals surface area contributed by atoms with Gasteiger partial charge in [0.25, 0.3) is 6.43 Å². The summed E-state index contributed by atoms with van der Waals surface area (Å²) in [4.78, 5) is 0. The Labute approximate surface area is 102 Å². The van der Waals surface area contributed by atoms with Gasteiger partial charge in [0.1, 0.15) is 0 Å². The molecule has 0 radical (unpaired) electrons. The molecule has 1 atom stereocenters. The molecule has 0 spiro atoms. The van der Waals surface area contributed by atoms with Gasteiger partial charge >= 0.3 is 0 Å².